The number of carboxylic acids is 1. The zero-order valence-electron chi connectivity index (χ0n) is 18.9. The Morgan fingerprint density at radius 1 is 1.12 bits per heavy atom. The summed E-state index contributed by atoms with van der Waals surface area (Å²) in [6.07, 6.45) is 1.14. The van der Waals surface area contributed by atoms with Crippen molar-refractivity contribution in [2.75, 3.05) is 7.11 Å². The van der Waals surface area contributed by atoms with Gasteiger partial charge in [0.2, 0.25) is 11.7 Å². The summed E-state index contributed by atoms with van der Waals surface area (Å²) in [5.41, 5.74) is 7.15. The molecule has 0 saturated heterocycles. The van der Waals surface area contributed by atoms with Gasteiger partial charge in [-0.05, 0) is 44.9 Å². The van der Waals surface area contributed by atoms with E-state index in [1.165, 1.54) is 0 Å². The molecule has 3 rings (SSSR count). The van der Waals surface area contributed by atoms with Crippen LogP contribution in [0.5, 0.6) is 5.88 Å². The Bertz CT molecular complexity index is 1200. The van der Waals surface area contributed by atoms with Crippen molar-refractivity contribution >= 4 is 23.7 Å². The number of aromatic nitrogens is 3. The highest BCUT2D eigenvalue weighted by atomic mass is 16.6. The fourth-order valence-electron chi connectivity index (χ4n) is 2.74. The minimum atomic E-state index is -1.31. The summed E-state index contributed by atoms with van der Waals surface area (Å²) in [6.45, 7) is 7.94. The van der Waals surface area contributed by atoms with Crippen LogP contribution in [0.25, 0.3) is 5.78 Å². The maximum atomic E-state index is 11.8. The molecule has 0 aliphatic rings. The first kappa shape index (κ1) is 25.3. The van der Waals surface area contributed by atoms with Crippen molar-refractivity contribution in [1.29, 1.82) is 0 Å². The number of aryl methyl sites for hydroxylation is 1. The van der Waals surface area contributed by atoms with Crippen molar-refractivity contribution in [3.8, 4) is 5.88 Å². The molecule has 0 unspecified atom stereocenters. The summed E-state index contributed by atoms with van der Waals surface area (Å²) in [7, 11) is 1.16. The van der Waals surface area contributed by atoms with Gasteiger partial charge in [0.1, 0.15) is 11.3 Å². The first-order chi connectivity index (χ1) is 15.4. The molecule has 3 aromatic rings. The Kier molecular flexibility index (Phi) is 7.72. The zero-order valence-corrected chi connectivity index (χ0v) is 18.9. The number of nitrogens with zero attached hydrogens (tertiary/aromatic N) is 3. The normalized spacial score (nSPS) is 10.8. The van der Waals surface area contributed by atoms with Gasteiger partial charge in [0.25, 0.3) is 0 Å². The fourth-order valence-corrected chi connectivity index (χ4v) is 2.74. The van der Waals surface area contributed by atoms with E-state index >= 15 is 0 Å². The number of imidazole rings is 1. The second-order valence-corrected chi connectivity index (χ2v) is 7.95. The number of benzene rings is 1. The fraction of sp³-hybridized carbons (Fsp3) is 0.318. The van der Waals surface area contributed by atoms with Crippen LogP contribution < -0.4 is 5.73 Å². The van der Waals surface area contributed by atoms with E-state index in [2.05, 4.69) is 14.7 Å². The van der Waals surface area contributed by atoms with E-state index in [-0.39, 0.29) is 29.0 Å². The van der Waals surface area contributed by atoms with Crippen LogP contribution in [0, 0.1) is 6.92 Å². The molecule has 4 N–H and O–H groups in total. The Hall–Kier alpha value is -3.99. The number of hydrogen-bond donors (Lipinski definition) is 3. The van der Waals surface area contributed by atoms with Crippen molar-refractivity contribution in [2.45, 2.75) is 39.8 Å². The van der Waals surface area contributed by atoms with Crippen LogP contribution in [-0.2, 0) is 16.0 Å². The average Bonchev–Trinajstić information content (AvgIpc) is 3.11. The van der Waals surface area contributed by atoms with Crippen LogP contribution in [0.15, 0.2) is 30.5 Å². The van der Waals surface area contributed by atoms with Crippen LogP contribution in [0.4, 0.5) is 0 Å². The second-order valence-electron chi connectivity index (χ2n) is 7.95. The molecule has 0 saturated carbocycles. The number of nitrogens with two attached hydrogens (primary N) is 1. The van der Waals surface area contributed by atoms with Crippen molar-refractivity contribution in [2.24, 2.45) is 5.73 Å². The molecule has 0 atom stereocenters. The van der Waals surface area contributed by atoms with Gasteiger partial charge in [-0.2, -0.15) is 4.98 Å². The van der Waals surface area contributed by atoms with Gasteiger partial charge >= 0.3 is 17.9 Å². The number of esters is 2. The highest BCUT2D eigenvalue weighted by molar-refractivity contribution is 5.93. The van der Waals surface area contributed by atoms with Crippen LogP contribution in [0.2, 0.25) is 0 Å². The van der Waals surface area contributed by atoms with Gasteiger partial charge in [-0.15, -0.1) is 0 Å². The van der Waals surface area contributed by atoms with Crippen LogP contribution in [0.3, 0.4) is 0 Å². The SMILES string of the molecule is COC(=O)c1cc(C(=O)O)nc2nc(O)cn12.Cc1cc(CN)ccc1C(=O)OC(C)(C)C. The number of rotatable bonds is 4. The van der Waals surface area contributed by atoms with E-state index in [0.29, 0.717) is 12.1 Å². The average molecular weight is 458 g/mol. The molecule has 0 bridgehead atoms. The number of hydrogen-bond acceptors (Lipinski definition) is 9. The van der Waals surface area contributed by atoms with Gasteiger partial charge in [0.15, 0.2) is 5.69 Å². The lowest BCUT2D eigenvalue weighted by molar-refractivity contribution is 0.00683. The minimum absolute atomic E-state index is 0.0808. The standard InChI is InChI=1S/C13H19NO2.C9H7N3O5/c1-9-7-10(8-14)5-6-11(9)12(15)16-13(2,3)4;1-17-8(16)5-2-4(7(14)15)10-9-11-6(13)3-12(5)9/h5-7H,8,14H2,1-4H3;2-3,13H,1H3,(H,14,15). The summed E-state index contributed by atoms with van der Waals surface area (Å²) < 4.78 is 11.0. The molecular weight excluding hydrogens is 432 g/mol. The smallest absolute Gasteiger partial charge is 0.355 e. The third kappa shape index (κ3) is 6.50. The number of aromatic hydroxyl groups is 1. The third-order valence-electron chi connectivity index (χ3n) is 4.19. The van der Waals surface area contributed by atoms with Gasteiger partial charge in [-0.3, -0.25) is 4.40 Å². The molecule has 176 valence electrons. The summed E-state index contributed by atoms with van der Waals surface area (Å²) in [6, 6.07) is 6.58. The molecule has 0 radical (unpaired) electrons. The molecule has 11 nitrogen and oxygen atoms in total. The largest absolute Gasteiger partial charge is 0.492 e. The van der Waals surface area contributed by atoms with Gasteiger partial charge in [-0.25, -0.2) is 19.4 Å². The predicted molar refractivity (Wildman–Crippen MR) is 117 cm³/mol. The Labute approximate surface area is 189 Å². The van der Waals surface area contributed by atoms with Crippen molar-refractivity contribution < 1.29 is 34.1 Å². The monoisotopic (exact) mass is 458 g/mol. The van der Waals surface area contributed by atoms with Crippen molar-refractivity contribution in [3.05, 3.63) is 58.5 Å². The summed E-state index contributed by atoms with van der Waals surface area (Å²) in [4.78, 5) is 41.3. The number of ether oxygens (including phenoxy) is 2. The topological polar surface area (TPSA) is 166 Å². The van der Waals surface area contributed by atoms with E-state index < -0.39 is 17.5 Å². The molecule has 0 spiro atoms. The zero-order chi connectivity index (χ0) is 24.9. The molecule has 0 aliphatic carbocycles. The Balaban J connectivity index is 0.000000234. The lowest BCUT2D eigenvalue weighted by atomic mass is 10.0. The van der Waals surface area contributed by atoms with Gasteiger partial charge in [0.05, 0.1) is 18.9 Å². The van der Waals surface area contributed by atoms with Crippen LogP contribution in [0.1, 0.15) is 63.2 Å². The summed E-state index contributed by atoms with van der Waals surface area (Å²) >= 11 is 0. The van der Waals surface area contributed by atoms with E-state index in [1.807, 2.05) is 39.8 Å². The van der Waals surface area contributed by atoms with Crippen LogP contribution in [-0.4, -0.2) is 55.2 Å². The maximum absolute atomic E-state index is 11.8. The molecule has 1 aromatic carbocycles. The molecule has 0 amide bonds. The molecule has 2 aromatic heterocycles. The summed E-state index contributed by atoms with van der Waals surface area (Å²) in [5, 5.41) is 18.0. The Morgan fingerprint density at radius 3 is 2.30 bits per heavy atom. The Morgan fingerprint density at radius 2 is 1.79 bits per heavy atom. The van der Waals surface area contributed by atoms with Gasteiger partial charge < -0.3 is 25.4 Å². The lowest BCUT2D eigenvalue weighted by Crippen LogP contribution is -2.24. The maximum Gasteiger partial charge on any atom is 0.355 e. The number of aromatic carboxylic acids is 1. The molecule has 11 heteroatoms. The van der Waals surface area contributed by atoms with Crippen molar-refractivity contribution in [3.63, 3.8) is 0 Å². The predicted octanol–water partition coefficient (Wildman–Crippen LogP) is 2.33. The van der Waals surface area contributed by atoms with E-state index in [1.54, 1.807) is 6.07 Å². The molecule has 33 heavy (non-hydrogen) atoms. The van der Waals surface area contributed by atoms with E-state index in [9.17, 15) is 19.5 Å². The van der Waals surface area contributed by atoms with Crippen LogP contribution >= 0.6 is 0 Å². The first-order valence-electron chi connectivity index (χ1n) is 9.80. The summed E-state index contributed by atoms with van der Waals surface area (Å²) in [5.74, 6) is -2.81. The molecule has 0 fully saturated rings. The van der Waals surface area contributed by atoms with Crippen molar-refractivity contribution in [1.82, 2.24) is 14.4 Å². The number of carbonyl (C=O) groups is 3. The van der Waals surface area contributed by atoms with E-state index in [0.717, 1.165) is 34.9 Å². The second kappa shape index (κ2) is 10.1. The van der Waals surface area contributed by atoms with E-state index in [4.69, 9.17) is 15.6 Å². The third-order valence-corrected chi connectivity index (χ3v) is 4.19. The number of carboxylic acid groups (broad SMARTS) is 1. The quantitative estimate of drug-likeness (QED) is 0.494. The van der Waals surface area contributed by atoms with Gasteiger partial charge in [-0.1, -0.05) is 12.1 Å². The molecule has 2 heterocycles. The highest BCUT2D eigenvalue weighted by Crippen LogP contribution is 2.17. The highest BCUT2D eigenvalue weighted by Gasteiger charge is 2.19. The molecule has 0 aliphatic heterocycles. The number of fused-ring (bicyclic) bond motifs is 1. The number of carbonyl (C=O) groups excluding carboxylic acids is 2. The molecular formula is C22H26N4O7. The number of methoxy groups -OCH3 is 1. The minimum Gasteiger partial charge on any atom is -0.492 e. The lowest BCUT2D eigenvalue weighted by Gasteiger charge is -2.20. The first-order valence-corrected chi connectivity index (χ1v) is 9.80. The van der Waals surface area contributed by atoms with Gasteiger partial charge in [0, 0.05) is 12.6 Å².